The Hall–Kier alpha value is -0.120. The second-order valence-electron chi connectivity index (χ2n) is 4.71. The Morgan fingerprint density at radius 3 is 2.71 bits per heavy atom. The van der Waals surface area contributed by atoms with Crippen LogP contribution in [0.3, 0.4) is 0 Å². The van der Waals surface area contributed by atoms with Crippen LogP contribution in [0.25, 0.3) is 0 Å². The highest BCUT2D eigenvalue weighted by atomic mass is 16.5. The Kier molecular flexibility index (Phi) is 3.79. The summed E-state index contributed by atoms with van der Waals surface area (Å²) in [5.74, 6) is 0.878. The van der Waals surface area contributed by atoms with Gasteiger partial charge in [-0.1, -0.05) is 0 Å². The van der Waals surface area contributed by atoms with Gasteiger partial charge < -0.3 is 15.0 Å². The number of hydrogen-bond acceptors (Lipinski definition) is 3. The van der Waals surface area contributed by atoms with Gasteiger partial charge in [0.2, 0.25) is 0 Å². The molecule has 0 radical (unpaired) electrons. The largest absolute Gasteiger partial charge is 0.381 e. The fraction of sp³-hybridized carbons (Fsp3) is 1.00. The molecule has 0 amide bonds. The minimum atomic E-state index is 0.717. The Morgan fingerprint density at radius 1 is 1.29 bits per heavy atom. The van der Waals surface area contributed by atoms with Gasteiger partial charge in [-0.3, -0.25) is 0 Å². The van der Waals surface area contributed by atoms with Gasteiger partial charge in [-0.25, -0.2) is 0 Å². The fourth-order valence-electron chi connectivity index (χ4n) is 2.43. The summed E-state index contributed by atoms with van der Waals surface area (Å²) >= 11 is 0. The van der Waals surface area contributed by atoms with E-state index in [1.807, 2.05) is 0 Å². The van der Waals surface area contributed by atoms with E-state index < -0.39 is 0 Å². The van der Waals surface area contributed by atoms with Gasteiger partial charge in [0.05, 0.1) is 0 Å². The van der Waals surface area contributed by atoms with E-state index in [2.05, 4.69) is 17.3 Å². The topological polar surface area (TPSA) is 24.5 Å². The first kappa shape index (κ1) is 10.4. The van der Waals surface area contributed by atoms with Crippen molar-refractivity contribution in [1.29, 1.82) is 0 Å². The van der Waals surface area contributed by atoms with Crippen LogP contribution in [0.4, 0.5) is 0 Å². The molecule has 0 aromatic carbocycles. The van der Waals surface area contributed by atoms with Gasteiger partial charge in [0, 0.05) is 25.8 Å². The minimum Gasteiger partial charge on any atom is -0.381 e. The molecule has 3 nitrogen and oxygen atoms in total. The molecule has 0 aromatic rings. The highest BCUT2D eigenvalue weighted by Gasteiger charge is 2.21. The summed E-state index contributed by atoms with van der Waals surface area (Å²) in [4.78, 5) is 2.43. The lowest BCUT2D eigenvalue weighted by Crippen LogP contribution is -2.38. The number of nitrogens with one attached hydrogen (secondary N) is 1. The van der Waals surface area contributed by atoms with Crippen LogP contribution in [-0.2, 0) is 4.74 Å². The van der Waals surface area contributed by atoms with Crippen LogP contribution in [0.5, 0.6) is 0 Å². The van der Waals surface area contributed by atoms with Crippen molar-refractivity contribution >= 4 is 0 Å². The standard InChI is InChI=1S/C11H22N2O/c1-13-5-2-10(9-13)8-12-11-3-6-14-7-4-11/h10-12H,2-9H2,1H3/t10-/m0/s1. The molecule has 0 spiro atoms. The van der Waals surface area contributed by atoms with E-state index >= 15 is 0 Å². The molecule has 1 N–H and O–H groups in total. The van der Waals surface area contributed by atoms with E-state index in [1.165, 1.54) is 38.9 Å². The third kappa shape index (κ3) is 2.94. The number of nitrogens with zero attached hydrogens (tertiary/aromatic N) is 1. The van der Waals surface area contributed by atoms with E-state index in [0.717, 1.165) is 25.2 Å². The fourth-order valence-corrected chi connectivity index (χ4v) is 2.43. The molecule has 0 unspecified atom stereocenters. The molecule has 2 saturated heterocycles. The Bertz CT molecular complexity index is 164. The van der Waals surface area contributed by atoms with Gasteiger partial charge >= 0.3 is 0 Å². The monoisotopic (exact) mass is 198 g/mol. The maximum Gasteiger partial charge on any atom is 0.0480 e. The molecule has 2 rings (SSSR count). The van der Waals surface area contributed by atoms with E-state index in [9.17, 15) is 0 Å². The van der Waals surface area contributed by atoms with Crippen molar-refractivity contribution < 1.29 is 4.74 Å². The second-order valence-corrected chi connectivity index (χ2v) is 4.71. The third-order valence-corrected chi connectivity index (χ3v) is 3.41. The minimum absolute atomic E-state index is 0.717. The molecule has 0 bridgehead atoms. The number of likely N-dealkylation sites (tertiary alicyclic amines) is 1. The SMILES string of the molecule is CN1CC[C@@H](CNC2CCOCC2)C1. The first-order valence-electron chi connectivity index (χ1n) is 5.84. The smallest absolute Gasteiger partial charge is 0.0480 e. The van der Waals surface area contributed by atoms with Gasteiger partial charge in [-0.05, 0) is 45.3 Å². The van der Waals surface area contributed by atoms with Crippen molar-refractivity contribution in [3.63, 3.8) is 0 Å². The highest BCUT2D eigenvalue weighted by molar-refractivity contribution is 4.78. The lowest BCUT2D eigenvalue weighted by Gasteiger charge is -2.24. The average Bonchev–Trinajstić information content (AvgIpc) is 2.63. The maximum atomic E-state index is 5.34. The summed E-state index contributed by atoms with van der Waals surface area (Å²) in [5, 5.41) is 3.68. The first-order chi connectivity index (χ1) is 6.84. The van der Waals surface area contributed by atoms with Gasteiger partial charge in [-0.2, -0.15) is 0 Å². The first-order valence-corrected chi connectivity index (χ1v) is 5.84. The average molecular weight is 198 g/mol. The molecule has 2 fully saturated rings. The summed E-state index contributed by atoms with van der Waals surface area (Å²) in [5.41, 5.74) is 0. The summed E-state index contributed by atoms with van der Waals surface area (Å²) in [7, 11) is 2.22. The van der Waals surface area contributed by atoms with Crippen LogP contribution in [-0.4, -0.2) is 50.8 Å². The van der Waals surface area contributed by atoms with Gasteiger partial charge in [0.1, 0.15) is 0 Å². The van der Waals surface area contributed by atoms with Crippen molar-refractivity contribution in [1.82, 2.24) is 10.2 Å². The molecular weight excluding hydrogens is 176 g/mol. The lowest BCUT2D eigenvalue weighted by atomic mass is 10.1. The molecule has 0 aromatic heterocycles. The van der Waals surface area contributed by atoms with Crippen LogP contribution in [0.15, 0.2) is 0 Å². The zero-order valence-corrected chi connectivity index (χ0v) is 9.17. The molecular formula is C11H22N2O. The molecule has 0 aliphatic carbocycles. The van der Waals surface area contributed by atoms with Gasteiger partial charge in [0.25, 0.3) is 0 Å². The Balaban J connectivity index is 1.61. The highest BCUT2D eigenvalue weighted by Crippen LogP contribution is 2.14. The molecule has 0 saturated carbocycles. The van der Waals surface area contributed by atoms with Crippen molar-refractivity contribution in [2.75, 3.05) is 39.9 Å². The molecule has 14 heavy (non-hydrogen) atoms. The lowest BCUT2D eigenvalue weighted by molar-refractivity contribution is 0.0770. The summed E-state index contributed by atoms with van der Waals surface area (Å²) in [6.45, 7) is 5.65. The van der Waals surface area contributed by atoms with E-state index in [4.69, 9.17) is 4.74 Å². The molecule has 2 aliphatic heterocycles. The summed E-state index contributed by atoms with van der Waals surface area (Å²) in [6.07, 6.45) is 3.76. The predicted molar refractivity (Wildman–Crippen MR) is 57.4 cm³/mol. The predicted octanol–water partition coefficient (Wildman–Crippen LogP) is 0.707. The quantitative estimate of drug-likeness (QED) is 0.723. The molecule has 3 heteroatoms. The maximum absolute atomic E-state index is 5.34. The number of hydrogen-bond donors (Lipinski definition) is 1. The van der Waals surface area contributed by atoms with E-state index in [0.29, 0.717) is 0 Å². The number of ether oxygens (including phenoxy) is 1. The van der Waals surface area contributed by atoms with Crippen molar-refractivity contribution in [3.8, 4) is 0 Å². The molecule has 82 valence electrons. The Labute approximate surface area is 86.8 Å². The summed E-state index contributed by atoms with van der Waals surface area (Å²) < 4.78 is 5.34. The van der Waals surface area contributed by atoms with Crippen molar-refractivity contribution in [2.24, 2.45) is 5.92 Å². The van der Waals surface area contributed by atoms with Crippen molar-refractivity contribution in [2.45, 2.75) is 25.3 Å². The van der Waals surface area contributed by atoms with Gasteiger partial charge in [-0.15, -0.1) is 0 Å². The van der Waals surface area contributed by atoms with Crippen LogP contribution in [0, 0.1) is 5.92 Å². The van der Waals surface area contributed by atoms with Crippen LogP contribution >= 0.6 is 0 Å². The zero-order chi connectivity index (χ0) is 9.80. The molecule has 2 heterocycles. The van der Waals surface area contributed by atoms with Gasteiger partial charge in [0.15, 0.2) is 0 Å². The van der Waals surface area contributed by atoms with E-state index in [-0.39, 0.29) is 0 Å². The number of rotatable bonds is 3. The summed E-state index contributed by atoms with van der Waals surface area (Å²) in [6, 6.07) is 0.717. The molecule has 1 atom stereocenters. The zero-order valence-electron chi connectivity index (χ0n) is 9.17. The van der Waals surface area contributed by atoms with E-state index in [1.54, 1.807) is 0 Å². The van der Waals surface area contributed by atoms with Crippen LogP contribution in [0.1, 0.15) is 19.3 Å². The molecule has 2 aliphatic rings. The van der Waals surface area contributed by atoms with Crippen LogP contribution < -0.4 is 5.32 Å². The second kappa shape index (κ2) is 5.10. The van der Waals surface area contributed by atoms with Crippen molar-refractivity contribution in [3.05, 3.63) is 0 Å². The van der Waals surface area contributed by atoms with Crippen LogP contribution in [0.2, 0.25) is 0 Å². The third-order valence-electron chi connectivity index (χ3n) is 3.41. The Morgan fingerprint density at radius 2 is 2.07 bits per heavy atom. The normalized spacial score (nSPS) is 31.1.